The van der Waals surface area contributed by atoms with Crippen molar-refractivity contribution in [3.05, 3.63) is 130 Å². The maximum atomic E-state index is 14.7. The number of methoxy groups -OCH3 is 1. The van der Waals surface area contributed by atoms with Crippen LogP contribution in [0.3, 0.4) is 0 Å². The van der Waals surface area contributed by atoms with E-state index in [4.69, 9.17) is 21.4 Å². The van der Waals surface area contributed by atoms with E-state index in [2.05, 4.69) is 5.32 Å². The van der Waals surface area contributed by atoms with E-state index in [1.807, 2.05) is 36.4 Å². The smallest absolute Gasteiger partial charge is 0.249 e. The second-order valence-corrected chi connectivity index (χ2v) is 10.9. The summed E-state index contributed by atoms with van der Waals surface area (Å²) in [5.74, 6) is -1.23. The molecule has 0 aromatic heterocycles. The Morgan fingerprint density at radius 3 is 2.17 bits per heavy atom. The molecule has 1 fully saturated rings. The number of carbonyl (C=O) groups excluding carboxylic acids is 3. The molecule has 3 atom stereocenters. The Morgan fingerprint density at radius 1 is 0.878 bits per heavy atom. The number of carbonyl (C=O) groups is 3. The molecule has 1 N–H and O–H groups in total. The van der Waals surface area contributed by atoms with Crippen molar-refractivity contribution in [2.24, 2.45) is 10.5 Å². The molecule has 4 aromatic rings. The van der Waals surface area contributed by atoms with E-state index in [0.717, 1.165) is 11.1 Å². The molecule has 7 rings (SSSR count). The summed E-state index contributed by atoms with van der Waals surface area (Å²) in [5.41, 5.74) is 1.88. The molecule has 0 bridgehead atoms. The number of benzene rings is 4. The molecule has 0 radical (unpaired) electrons. The number of rotatable bonds is 4. The summed E-state index contributed by atoms with van der Waals surface area (Å²) in [5, 5.41) is 9.93. The van der Waals surface area contributed by atoms with E-state index in [1.165, 1.54) is 0 Å². The first-order valence-corrected chi connectivity index (χ1v) is 13.6. The lowest BCUT2D eigenvalue weighted by molar-refractivity contribution is -0.121. The third-order valence-electron chi connectivity index (χ3n) is 8.43. The van der Waals surface area contributed by atoms with Gasteiger partial charge >= 0.3 is 0 Å². The van der Waals surface area contributed by atoms with Crippen LogP contribution in [0.2, 0.25) is 5.02 Å². The topological polar surface area (TPSA) is 88.1 Å². The van der Waals surface area contributed by atoms with Gasteiger partial charge in [-0.1, -0.05) is 72.3 Å². The molecule has 0 saturated carbocycles. The fourth-order valence-corrected chi connectivity index (χ4v) is 6.84. The number of fused-ring (bicyclic) bond motifs is 5. The molecule has 3 aliphatic rings. The van der Waals surface area contributed by atoms with Gasteiger partial charge in [-0.15, -0.1) is 0 Å². The molecular formula is C33H24ClN3O4. The Labute approximate surface area is 241 Å². The van der Waals surface area contributed by atoms with Gasteiger partial charge in [0, 0.05) is 27.8 Å². The van der Waals surface area contributed by atoms with Crippen LogP contribution >= 0.6 is 11.6 Å². The summed E-state index contributed by atoms with van der Waals surface area (Å²) in [6.45, 7) is 0. The summed E-state index contributed by atoms with van der Waals surface area (Å²) in [7, 11) is 1.57. The fourth-order valence-electron chi connectivity index (χ4n) is 6.71. The molecule has 202 valence electrons. The van der Waals surface area contributed by atoms with E-state index in [-0.39, 0.29) is 17.5 Å². The average molecular weight is 562 g/mol. The number of nitrogens with zero attached hydrogens (tertiary/aromatic N) is 2. The van der Waals surface area contributed by atoms with Crippen molar-refractivity contribution in [1.29, 1.82) is 0 Å². The Hall–Kier alpha value is -4.75. The van der Waals surface area contributed by atoms with Gasteiger partial charge in [0.1, 0.15) is 17.2 Å². The molecule has 8 heteroatoms. The number of ether oxygens (including phenoxy) is 1. The van der Waals surface area contributed by atoms with Crippen LogP contribution in [0.5, 0.6) is 5.75 Å². The van der Waals surface area contributed by atoms with E-state index in [0.29, 0.717) is 33.1 Å². The van der Waals surface area contributed by atoms with Crippen LogP contribution < -0.4 is 10.1 Å². The largest absolute Gasteiger partial charge is 0.497 e. The molecular weight excluding hydrogens is 538 g/mol. The van der Waals surface area contributed by atoms with E-state index >= 15 is 0 Å². The van der Waals surface area contributed by atoms with Crippen LogP contribution in [-0.2, 0) is 4.79 Å². The highest BCUT2D eigenvalue weighted by atomic mass is 35.5. The molecule has 2 heterocycles. The zero-order chi connectivity index (χ0) is 28.3. The maximum Gasteiger partial charge on any atom is 0.249 e. The van der Waals surface area contributed by atoms with E-state index in [1.54, 1.807) is 79.0 Å². The van der Waals surface area contributed by atoms with Gasteiger partial charge in [0.25, 0.3) is 0 Å². The fraction of sp³-hybridized carbons (Fsp3) is 0.152. The summed E-state index contributed by atoms with van der Waals surface area (Å²) in [6, 6.07) is 26.7. The van der Waals surface area contributed by atoms with Crippen LogP contribution in [0.1, 0.15) is 49.4 Å². The normalized spacial score (nSPS) is 21.4. The molecule has 41 heavy (non-hydrogen) atoms. The van der Waals surface area contributed by atoms with Crippen molar-refractivity contribution >= 4 is 41.0 Å². The highest BCUT2D eigenvalue weighted by Gasteiger charge is 2.72. The summed E-state index contributed by atoms with van der Waals surface area (Å²) >= 11 is 6.08. The van der Waals surface area contributed by atoms with Gasteiger partial charge in [-0.05, 0) is 53.1 Å². The number of anilines is 1. The van der Waals surface area contributed by atoms with Crippen molar-refractivity contribution in [1.82, 2.24) is 5.01 Å². The highest BCUT2D eigenvalue weighted by Crippen LogP contribution is 2.64. The van der Waals surface area contributed by atoms with Gasteiger partial charge in [-0.2, -0.15) is 5.10 Å². The minimum Gasteiger partial charge on any atom is -0.497 e. The van der Waals surface area contributed by atoms with E-state index < -0.39 is 23.4 Å². The van der Waals surface area contributed by atoms with Gasteiger partial charge in [0.05, 0.1) is 19.4 Å². The molecule has 1 spiro atoms. The minimum atomic E-state index is -1.63. The van der Waals surface area contributed by atoms with Gasteiger partial charge in [-0.25, -0.2) is 0 Å². The predicted molar refractivity (Wildman–Crippen MR) is 156 cm³/mol. The second kappa shape index (κ2) is 9.42. The lowest BCUT2D eigenvalue weighted by Crippen LogP contribution is -2.44. The van der Waals surface area contributed by atoms with Crippen LogP contribution in [0, 0.1) is 5.41 Å². The van der Waals surface area contributed by atoms with Gasteiger partial charge in [0.2, 0.25) is 5.91 Å². The van der Waals surface area contributed by atoms with Crippen molar-refractivity contribution in [3.63, 3.8) is 0 Å². The molecule has 1 saturated heterocycles. The van der Waals surface area contributed by atoms with Crippen LogP contribution in [0.15, 0.2) is 102 Å². The predicted octanol–water partition coefficient (Wildman–Crippen LogP) is 5.91. The Kier molecular flexibility index (Phi) is 5.80. The molecule has 1 aliphatic carbocycles. The molecule has 4 aromatic carbocycles. The molecule has 7 nitrogen and oxygen atoms in total. The van der Waals surface area contributed by atoms with Gasteiger partial charge < -0.3 is 10.1 Å². The van der Waals surface area contributed by atoms with Crippen molar-refractivity contribution < 1.29 is 19.1 Å². The first-order chi connectivity index (χ1) is 19.9. The lowest BCUT2D eigenvalue weighted by Gasteiger charge is -2.36. The molecule has 0 unspecified atom stereocenters. The first kappa shape index (κ1) is 25.2. The second-order valence-electron chi connectivity index (χ2n) is 10.4. The lowest BCUT2D eigenvalue weighted by atomic mass is 9.63. The number of ketones is 2. The highest BCUT2D eigenvalue weighted by molar-refractivity contribution is 6.31. The Morgan fingerprint density at radius 2 is 1.51 bits per heavy atom. The zero-order valence-electron chi connectivity index (χ0n) is 22.0. The Balaban J connectivity index is 1.48. The number of hydrazone groups is 1. The monoisotopic (exact) mass is 561 g/mol. The number of amides is 1. The van der Waals surface area contributed by atoms with Gasteiger partial charge in [-0.3, -0.25) is 19.4 Å². The third kappa shape index (κ3) is 3.59. The van der Waals surface area contributed by atoms with Crippen molar-refractivity contribution in [3.8, 4) is 5.75 Å². The molecule has 1 amide bonds. The van der Waals surface area contributed by atoms with Crippen LogP contribution in [-0.4, -0.2) is 41.8 Å². The van der Waals surface area contributed by atoms with Crippen molar-refractivity contribution in [2.45, 2.75) is 18.0 Å². The van der Waals surface area contributed by atoms with Crippen LogP contribution in [0.4, 0.5) is 5.69 Å². The minimum absolute atomic E-state index is 0.303. The number of hydrogen-bond acceptors (Lipinski definition) is 6. The van der Waals surface area contributed by atoms with Crippen LogP contribution in [0.25, 0.3) is 0 Å². The summed E-state index contributed by atoms with van der Waals surface area (Å²) in [4.78, 5) is 43.7. The first-order valence-electron chi connectivity index (χ1n) is 13.3. The van der Waals surface area contributed by atoms with Gasteiger partial charge in [0.15, 0.2) is 11.6 Å². The molecule has 2 aliphatic heterocycles. The van der Waals surface area contributed by atoms with Crippen molar-refractivity contribution in [2.75, 3.05) is 12.4 Å². The Bertz CT molecular complexity index is 1710. The zero-order valence-corrected chi connectivity index (χ0v) is 22.7. The summed E-state index contributed by atoms with van der Waals surface area (Å²) in [6.07, 6.45) is 1.69. The standard InChI is InChI=1S/C33H24ClN3O4/c1-41-23-16-10-19(11-17-23)27-28(32(40)36-22-14-12-21(34)13-15-22)37-29(24-7-3-2-6-20(24)18-35-37)33(27)30(38)25-8-4-5-9-26(25)31(33)39/h2-18,27-29H,1H3,(H,36,40)/t27-,28+,29-/m0/s1. The maximum absolute atomic E-state index is 14.7. The van der Waals surface area contributed by atoms with E-state index in [9.17, 15) is 14.4 Å². The number of halogens is 1. The quantitative estimate of drug-likeness (QED) is 0.313. The number of hydrogen-bond donors (Lipinski definition) is 1. The number of Topliss-reactive ketones (excluding diaryl/α,β-unsaturated/α-hetero) is 2. The SMILES string of the molecule is COc1ccc([C@H]2[C@H](C(=O)Nc3ccc(Cl)cc3)N3N=Cc4ccccc4[C@H]3C23C(=O)c2ccccc2C3=O)cc1. The average Bonchev–Trinajstić information content (AvgIpc) is 3.44. The number of nitrogens with one attached hydrogen (secondary N) is 1. The third-order valence-corrected chi connectivity index (χ3v) is 8.68. The summed E-state index contributed by atoms with van der Waals surface area (Å²) < 4.78 is 5.39.